The van der Waals surface area contributed by atoms with E-state index in [0.29, 0.717) is 44.9 Å². The predicted molar refractivity (Wildman–Crippen MR) is 264 cm³/mol. The minimum atomic E-state index is -1.91. The maximum Gasteiger partial charge on any atom is 0.315 e. The first kappa shape index (κ1) is 60.9. The summed E-state index contributed by atoms with van der Waals surface area (Å²) in [6.07, 6.45) is -27.6. The molecule has 4 heterocycles. The first-order valence-corrected chi connectivity index (χ1v) is 27.9. The van der Waals surface area contributed by atoms with Gasteiger partial charge in [0.25, 0.3) is 0 Å². The van der Waals surface area contributed by atoms with Gasteiger partial charge in [0.1, 0.15) is 91.6 Å². The van der Waals surface area contributed by atoms with Gasteiger partial charge in [-0.3, -0.25) is 4.79 Å². The fourth-order valence-corrected chi connectivity index (χ4v) is 16.5. The van der Waals surface area contributed by atoms with Crippen molar-refractivity contribution in [3.05, 3.63) is 11.6 Å². The molecule has 5 aliphatic carbocycles. The van der Waals surface area contributed by atoms with Crippen LogP contribution in [-0.4, -0.2) is 244 Å². The Morgan fingerprint density at radius 2 is 1.15 bits per heavy atom. The molecule has 24 nitrogen and oxygen atoms in total. The smallest absolute Gasteiger partial charge is 0.315 e. The Morgan fingerprint density at radius 1 is 0.590 bits per heavy atom. The van der Waals surface area contributed by atoms with Gasteiger partial charge in [0.05, 0.1) is 50.2 Å². The second-order valence-electron chi connectivity index (χ2n) is 26.3. The zero-order valence-electron chi connectivity index (χ0n) is 45.6. The molecule has 0 aromatic rings. The third kappa shape index (κ3) is 9.76. The van der Waals surface area contributed by atoms with Crippen LogP contribution in [0.25, 0.3) is 0 Å². The number of hydrogen-bond donors (Lipinski definition) is 15. The molecule has 0 amide bonds. The van der Waals surface area contributed by atoms with E-state index in [1.165, 1.54) is 6.92 Å². The van der Waals surface area contributed by atoms with Gasteiger partial charge in [-0.15, -0.1) is 0 Å². The molecule has 30 atom stereocenters. The minimum absolute atomic E-state index is 0.0206. The standard InChI is InChI=1S/C54H88O24/c1-22-31(59)34(62)38(66)45(72-22)76-42-27(19-56)74-44(41(69)37(42)65)71-20-28-33(61)36(64)40(68)47(75-28)78-48(70)54-14-12-49(2,3)16-24(54)23-8-9-30-50(4)17-25(58)43(77-46-39(67)35(63)32(60)26(18-55)73-46)51(5,21-57)29(50)10-11-53(30,7)52(23,6)13-15-54/h8,22,24-47,55-69H,9-21H2,1-7H3/t22-,24-,25-,26+,27+,28+,29+,30+,31-,32+,33+,34+,35-,36-,37+,38+,39+,40+,41+,42+,43-,44+,45-,46-,47-,50-,51-,52+,53+,54-/m0/s1. The lowest BCUT2D eigenvalue weighted by molar-refractivity contribution is -0.361. The second-order valence-corrected chi connectivity index (χ2v) is 26.3. The molecule has 0 radical (unpaired) electrons. The summed E-state index contributed by atoms with van der Waals surface area (Å²) in [5.74, 6) is -1.19. The number of fused-ring (bicyclic) bond motifs is 7. The molecule has 24 heteroatoms. The van der Waals surface area contributed by atoms with Crippen LogP contribution in [0, 0.1) is 50.2 Å². The monoisotopic (exact) mass is 1120 g/mol. The van der Waals surface area contributed by atoms with Crippen LogP contribution in [0.15, 0.2) is 11.6 Å². The molecule has 78 heavy (non-hydrogen) atoms. The lowest BCUT2D eigenvalue weighted by atomic mass is 9.33. The van der Waals surface area contributed by atoms with Crippen molar-refractivity contribution < 1.29 is 119 Å². The van der Waals surface area contributed by atoms with Gasteiger partial charge >= 0.3 is 5.97 Å². The van der Waals surface area contributed by atoms with Crippen LogP contribution in [0.3, 0.4) is 0 Å². The Morgan fingerprint density at radius 3 is 1.79 bits per heavy atom. The lowest BCUT2D eigenvalue weighted by Crippen LogP contribution is -2.69. The third-order valence-corrected chi connectivity index (χ3v) is 21.5. The summed E-state index contributed by atoms with van der Waals surface area (Å²) in [5, 5.41) is 162. The van der Waals surface area contributed by atoms with Gasteiger partial charge in [0.15, 0.2) is 18.9 Å². The highest BCUT2D eigenvalue weighted by Gasteiger charge is 2.72. The molecule has 9 rings (SSSR count). The van der Waals surface area contributed by atoms with E-state index in [1.54, 1.807) is 0 Å². The summed E-state index contributed by atoms with van der Waals surface area (Å²) < 4.78 is 46.8. The van der Waals surface area contributed by atoms with E-state index in [1.807, 2.05) is 6.92 Å². The average molecular weight is 1120 g/mol. The van der Waals surface area contributed by atoms with Gasteiger partial charge in [-0.2, -0.15) is 0 Å². The maximum absolute atomic E-state index is 15.1. The van der Waals surface area contributed by atoms with Crippen LogP contribution in [0.5, 0.6) is 0 Å². The number of carbonyl (C=O) groups excluding carboxylic acids is 1. The molecule has 8 fully saturated rings. The van der Waals surface area contributed by atoms with Gasteiger partial charge < -0.3 is 114 Å². The molecule has 448 valence electrons. The van der Waals surface area contributed by atoms with Crippen LogP contribution in [0.2, 0.25) is 0 Å². The fourth-order valence-electron chi connectivity index (χ4n) is 16.5. The normalized spacial score (nSPS) is 55.1. The Bertz CT molecular complexity index is 2150. The van der Waals surface area contributed by atoms with Gasteiger partial charge in [-0.05, 0) is 104 Å². The quantitative estimate of drug-likeness (QED) is 0.0524. The summed E-state index contributed by atoms with van der Waals surface area (Å²) in [5.41, 5.74) is -2.63. The topological polar surface area (TPSA) is 394 Å². The SMILES string of the molecule is C[C@@H]1O[C@@H](O[C@H]2[C@H](O)[C@@H](O)[C@H](OC[C@H]3O[C@@H](OC(=O)[C@]45CCC(C)(C)C[C@H]4C4=CC[C@@H]6[C@@]7(C)C[C@H](O)[C@H](O[C@@H]8O[C@H](CO)[C@@H](O)[C@H](O)[C@H]8O)[C@@](C)(CO)[C@@H]7CC[C@@]6(C)[C@]4(C)CC5)[C@H](O)[C@@H](O)[C@@H]3O)O[C@@H]2CO)[C@H](O)[C@H](O)[C@H]1O. The predicted octanol–water partition coefficient (Wildman–Crippen LogP) is -3.06. The van der Waals surface area contributed by atoms with Crippen LogP contribution in [-0.2, 0) is 42.7 Å². The third-order valence-electron chi connectivity index (χ3n) is 21.5. The molecule has 4 aliphatic heterocycles. The number of rotatable bonds is 12. The summed E-state index contributed by atoms with van der Waals surface area (Å²) in [6.45, 7) is 11.9. The number of esters is 1. The lowest BCUT2D eigenvalue weighted by Gasteiger charge is -2.72. The highest BCUT2D eigenvalue weighted by atomic mass is 16.8. The molecule has 4 saturated carbocycles. The molecule has 9 aliphatic rings. The van der Waals surface area contributed by atoms with E-state index >= 15 is 4.79 Å². The number of aliphatic hydroxyl groups excluding tert-OH is 15. The van der Waals surface area contributed by atoms with E-state index in [-0.39, 0.29) is 41.6 Å². The van der Waals surface area contributed by atoms with Crippen molar-refractivity contribution in [1.82, 2.24) is 0 Å². The minimum Gasteiger partial charge on any atom is -0.432 e. The molecule has 0 aromatic carbocycles. The highest BCUT2D eigenvalue weighted by Crippen LogP contribution is 2.76. The summed E-state index contributed by atoms with van der Waals surface area (Å²) in [6, 6.07) is 0. The Kier molecular flexibility index (Phi) is 17.2. The first-order valence-electron chi connectivity index (χ1n) is 27.9. The van der Waals surface area contributed by atoms with Crippen LogP contribution in [0.1, 0.15) is 106 Å². The van der Waals surface area contributed by atoms with Crippen molar-refractivity contribution in [2.24, 2.45) is 50.2 Å². The summed E-state index contributed by atoms with van der Waals surface area (Å²) in [4.78, 5) is 15.1. The van der Waals surface area contributed by atoms with Crippen molar-refractivity contribution in [1.29, 1.82) is 0 Å². The Balaban J connectivity index is 0.908. The zero-order valence-corrected chi connectivity index (χ0v) is 45.6. The highest BCUT2D eigenvalue weighted by molar-refractivity contribution is 5.79. The van der Waals surface area contributed by atoms with Crippen molar-refractivity contribution in [2.75, 3.05) is 26.4 Å². The molecule has 4 saturated heterocycles. The van der Waals surface area contributed by atoms with Gasteiger partial charge in [0.2, 0.25) is 6.29 Å². The maximum atomic E-state index is 15.1. The van der Waals surface area contributed by atoms with Gasteiger partial charge in [-0.1, -0.05) is 53.2 Å². The van der Waals surface area contributed by atoms with Crippen molar-refractivity contribution >= 4 is 5.97 Å². The molecule has 0 unspecified atom stereocenters. The number of carbonyl (C=O) groups is 1. The van der Waals surface area contributed by atoms with Crippen LogP contribution >= 0.6 is 0 Å². The number of aliphatic hydroxyl groups is 15. The number of hydrogen-bond acceptors (Lipinski definition) is 24. The summed E-state index contributed by atoms with van der Waals surface area (Å²) in [7, 11) is 0. The van der Waals surface area contributed by atoms with Gasteiger partial charge in [0, 0.05) is 5.41 Å². The van der Waals surface area contributed by atoms with Crippen molar-refractivity contribution in [2.45, 2.75) is 241 Å². The molecular formula is C54H88O24. The fraction of sp³-hybridized carbons (Fsp3) is 0.944. The van der Waals surface area contributed by atoms with E-state index in [4.69, 9.17) is 37.9 Å². The number of ether oxygens (including phenoxy) is 8. The molecule has 15 N–H and O–H groups in total. The van der Waals surface area contributed by atoms with E-state index in [9.17, 15) is 76.6 Å². The van der Waals surface area contributed by atoms with E-state index < -0.39 is 182 Å². The second kappa shape index (κ2) is 22.1. The van der Waals surface area contributed by atoms with Crippen molar-refractivity contribution in [3.63, 3.8) is 0 Å². The van der Waals surface area contributed by atoms with E-state index in [2.05, 4.69) is 40.7 Å². The Labute approximate surface area is 453 Å². The summed E-state index contributed by atoms with van der Waals surface area (Å²) >= 11 is 0. The molecular weight excluding hydrogens is 1030 g/mol. The van der Waals surface area contributed by atoms with Crippen LogP contribution < -0.4 is 0 Å². The van der Waals surface area contributed by atoms with Gasteiger partial charge in [-0.25, -0.2) is 0 Å². The first-order chi connectivity index (χ1) is 36.5. The zero-order chi connectivity index (χ0) is 57.1. The molecule has 0 spiro atoms. The van der Waals surface area contributed by atoms with E-state index in [0.717, 1.165) is 12.0 Å². The number of allylic oxidation sites excluding steroid dienone is 2. The molecule has 0 bridgehead atoms. The van der Waals surface area contributed by atoms with Crippen LogP contribution in [0.4, 0.5) is 0 Å². The average Bonchev–Trinajstić information content (AvgIpc) is 2.46. The van der Waals surface area contributed by atoms with Crippen molar-refractivity contribution in [3.8, 4) is 0 Å². The Hall–Kier alpha value is -1.67. The largest absolute Gasteiger partial charge is 0.432 e. The molecule has 0 aromatic heterocycles.